The Morgan fingerprint density at radius 3 is 2.85 bits per heavy atom. The summed E-state index contributed by atoms with van der Waals surface area (Å²) >= 11 is 2.09. The maximum absolute atomic E-state index is 11.4. The number of aromatic nitrogens is 2. The number of aromatic amines is 1. The first-order chi connectivity index (χ1) is 6.22. The van der Waals surface area contributed by atoms with Gasteiger partial charge in [0.2, 0.25) is 0 Å². The Morgan fingerprint density at radius 2 is 2.31 bits per heavy atom. The summed E-state index contributed by atoms with van der Waals surface area (Å²) in [5.74, 6) is 1.37. The van der Waals surface area contributed by atoms with Gasteiger partial charge in [-0.15, -0.1) is 0 Å². The van der Waals surface area contributed by atoms with Crippen LogP contribution in [-0.4, -0.2) is 9.97 Å². The van der Waals surface area contributed by atoms with Gasteiger partial charge in [0.05, 0.1) is 9.26 Å². The second kappa shape index (κ2) is 3.40. The fourth-order valence-electron chi connectivity index (χ4n) is 1.32. The van der Waals surface area contributed by atoms with E-state index in [0.29, 0.717) is 5.92 Å². The molecule has 0 saturated heterocycles. The molecule has 0 unspecified atom stereocenters. The van der Waals surface area contributed by atoms with E-state index < -0.39 is 0 Å². The summed E-state index contributed by atoms with van der Waals surface area (Å²) in [6.07, 6.45) is 3.18. The van der Waals surface area contributed by atoms with Crippen LogP contribution in [0.25, 0.3) is 0 Å². The third-order valence-corrected chi connectivity index (χ3v) is 3.28. The number of rotatable bonds is 2. The lowest BCUT2D eigenvalue weighted by molar-refractivity contribution is 0.855. The molecule has 1 fully saturated rings. The minimum absolute atomic E-state index is 0.0225. The molecule has 1 aliphatic rings. The molecule has 3 nitrogen and oxygen atoms in total. The lowest BCUT2D eigenvalue weighted by atomic mass is 10.3. The molecule has 70 valence electrons. The molecular weight excluding hydrogens is 279 g/mol. The third-order valence-electron chi connectivity index (χ3n) is 2.24. The van der Waals surface area contributed by atoms with Crippen LogP contribution in [0.2, 0.25) is 0 Å². The standard InChI is InChI=1S/C9H11IN2O/c1-2-6-11-8(5-3-4-5)7(10)9(13)12-6/h5H,2-4H2,1H3,(H,11,12,13). The number of aryl methyl sites for hydroxylation is 1. The second-order valence-corrected chi connectivity index (χ2v) is 4.42. The van der Waals surface area contributed by atoms with E-state index in [1.807, 2.05) is 6.92 Å². The molecule has 1 aromatic heterocycles. The Balaban J connectivity index is 2.52. The Hall–Kier alpha value is -0.390. The van der Waals surface area contributed by atoms with E-state index in [2.05, 4.69) is 32.6 Å². The average molecular weight is 290 g/mol. The Bertz CT molecular complexity index is 382. The van der Waals surface area contributed by atoms with Gasteiger partial charge in [0.15, 0.2) is 0 Å². The highest BCUT2D eigenvalue weighted by Crippen LogP contribution is 2.40. The monoisotopic (exact) mass is 290 g/mol. The van der Waals surface area contributed by atoms with Crippen LogP contribution >= 0.6 is 22.6 Å². The number of hydrogen-bond donors (Lipinski definition) is 1. The Morgan fingerprint density at radius 1 is 1.62 bits per heavy atom. The Labute approximate surface area is 90.1 Å². The molecule has 1 aliphatic carbocycles. The van der Waals surface area contributed by atoms with Gasteiger partial charge in [0, 0.05) is 12.3 Å². The SMILES string of the molecule is CCc1nc(C2CC2)c(I)c(=O)[nH]1. The van der Waals surface area contributed by atoms with Crippen molar-refractivity contribution in [3.05, 3.63) is 25.4 Å². The molecule has 0 aliphatic heterocycles. The number of halogens is 1. The lowest BCUT2D eigenvalue weighted by Crippen LogP contribution is -2.17. The minimum atomic E-state index is 0.0225. The van der Waals surface area contributed by atoms with Crippen molar-refractivity contribution < 1.29 is 0 Å². The molecule has 0 bridgehead atoms. The third kappa shape index (κ3) is 1.77. The lowest BCUT2D eigenvalue weighted by Gasteiger charge is -2.02. The van der Waals surface area contributed by atoms with Crippen molar-refractivity contribution in [1.82, 2.24) is 9.97 Å². The van der Waals surface area contributed by atoms with E-state index in [1.165, 1.54) is 12.8 Å². The van der Waals surface area contributed by atoms with Gasteiger partial charge < -0.3 is 4.98 Å². The average Bonchev–Trinajstić information content (AvgIpc) is 2.92. The first-order valence-electron chi connectivity index (χ1n) is 4.51. The number of hydrogen-bond acceptors (Lipinski definition) is 2. The van der Waals surface area contributed by atoms with E-state index in [4.69, 9.17) is 0 Å². The van der Waals surface area contributed by atoms with Crippen molar-refractivity contribution in [3.8, 4) is 0 Å². The van der Waals surface area contributed by atoms with Crippen molar-refractivity contribution in [3.63, 3.8) is 0 Å². The summed E-state index contributed by atoms with van der Waals surface area (Å²) < 4.78 is 0.775. The van der Waals surface area contributed by atoms with Gasteiger partial charge in [0.25, 0.3) is 5.56 Å². The van der Waals surface area contributed by atoms with Crippen molar-refractivity contribution in [2.75, 3.05) is 0 Å². The van der Waals surface area contributed by atoms with Crippen molar-refractivity contribution in [2.24, 2.45) is 0 Å². The number of nitrogens with zero attached hydrogens (tertiary/aromatic N) is 1. The topological polar surface area (TPSA) is 45.8 Å². The summed E-state index contributed by atoms with van der Waals surface area (Å²) in [4.78, 5) is 18.7. The zero-order chi connectivity index (χ0) is 9.42. The summed E-state index contributed by atoms with van der Waals surface area (Å²) in [6, 6.07) is 0. The minimum Gasteiger partial charge on any atom is -0.310 e. The van der Waals surface area contributed by atoms with Crippen molar-refractivity contribution in [1.29, 1.82) is 0 Å². The summed E-state index contributed by atoms with van der Waals surface area (Å²) in [6.45, 7) is 2.00. The van der Waals surface area contributed by atoms with Crippen molar-refractivity contribution in [2.45, 2.75) is 32.1 Å². The highest BCUT2D eigenvalue weighted by Gasteiger charge is 2.28. The van der Waals surface area contributed by atoms with Crippen molar-refractivity contribution >= 4 is 22.6 Å². The summed E-state index contributed by atoms with van der Waals surface area (Å²) in [5, 5.41) is 0. The van der Waals surface area contributed by atoms with Gasteiger partial charge in [-0.05, 0) is 35.4 Å². The van der Waals surface area contributed by atoms with Crippen LogP contribution in [0.1, 0.15) is 37.2 Å². The van der Waals surface area contributed by atoms with Gasteiger partial charge >= 0.3 is 0 Å². The zero-order valence-electron chi connectivity index (χ0n) is 7.43. The van der Waals surface area contributed by atoms with Gasteiger partial charge in [-0.25, -0.2) is 4.98 Å². The highest BCUT2D eigenvalue weighted by atomic mass is 127. The molecule has 1 aromatic rings. The zero-order valence-corrected chi connectivity index (χ0v) is 9.59. The quantitative estimate of drug-likeness (QED) is 0.844. The molecule has 2 rings (SSSR count). The predicted molar refractivity (Wildman–Crippen MR) is 58.9 cm³/mol. The van der Waals surface area contributed by atoms with Gasteiger partial charge in [0.1, 0.15) is 5.82 Å². The van der Waals surface area contributed by atoms with E-state index in [0.717, 1.165) is 21.5 Å². The van der Waals surface area contributed by atoms with E-state index in [-0.39, 0.29) is 5.56 Å². The van der Waals surface area contributed by atoms with Crippen LogP contribution in [0, 0.1) is 3.57 Å². The summed E-state index contributed by atoms with van der Waals surface area (Å²) in [5.41, 5.74) is 1.04. The molecule has 1 heterocycles. The van der Waals surface area contributed by atoms with Crippen LogP contribution in [0.4, 0.5) is 0 Å². The largest absolute Gasteiger partial charge is 0.310 e. The molecule has 0 radical (unpaired) electrons. The Kier molecular flexibility index (Phi) is 2.40. The first-order valence-corrected chi connectivity index (χ1v) is 5.58. The van der Waals surface area contributed by atoms with Crippen LogP contribution in [-0.2, 0) is 6.42 Å². The maximum Gasteiger partial charge on any atom is 0.264 e. The normalized spacial score (nSPS) is 16.2. The highest BCUT2D eigenvalue weighted by molar-refractivity contribution is 14.1. The predicted octanol–water partition coefficient (Wildman–Crippen LogP) is 1.81. The van der Waals surface area contributed by atoms with E-state index in [9.17, 15) is 4.79 Å². The smallest absolute Gasteiger partial charge is 0.264 e. The molecule has 0 aromatic carbocycles. The van der Waals surface area contributed by atoms with E-state index in [1.54, 1.807) is 0 Å². The molecule has 0 spiro atoms. The summed E-state index contributed by atoms with van der Waals surface area (Å²) in [7, 11) is 0. The first kappa shape index (κ1) is 9.18. The maximum atomic E-state index is 11.4. The molecule has 1 N–H and O–H groups in total. The molecule has 13 heavy (non-hydrogen) atoms. The van der Waals surface area contributed by atoms with E-state index >= 15 is 0 Å². The van der Waals surface area contributed by atoms with Gasteiger partial charge in [-0.2, -0.15) is 0 Å². The van der Waals surface area contributed by atoms with Gasteiger partial charge in [-0.1, -0.05) is 6.92 Å². The van der Waals surface area contributed by atoms with Crippen LogP contribution in [0.5, 0.6) is 0 Å². The van der Waals surface area contributed by atoms with Crippen LogP contribution < -0.4 is 5.56 Å². The molecular formula is C9H11IN2O. The van der Waals surface area contributed by atoms with Crippen LogP contribution in [0.3, 0.4) is 0 Å². The van der Waals surface area contributed by atoms with Crippen LogP contribution in [0.15, 0.2) is 4.79 Å². The fourth-order valence-corrected chi connectivity index (χ4v) is 2.02. The van der Waals surface area contributed by atoms with Gasteiger partial charge in [-0.3, -0.25) is 4.79 Å². The molecule has 1 saturated carbocycles. The molecule has 0 amide bonds. The fraction of sp³-hybridized carbons (Fsp3) is 0.556. The number of H-pyrrole nitrogens is 1. The molecule has 4 heteroatoms. The second-order valence-electron chi connectivity index (χ2n) is 3.34. The molecule has 0 atom stereocenters. The number of nitrogens with one attached hydrogen (secondary N) is 1.